The highest BCUT2D eigenvalue weighted by Gasteiger charge is 2.39. The molecule has 36 nitrogen and oxygen atoms in total. The molecule has 0 radical (unpaired) electrons. The van der Waals surface area contributed by atoms with Gasteiger partial charge in [-0.15, -0.1) is 0 Å². The lowest BCUT2D eigenvalue weighted by Crippen LogP contribution is -2.62. The second-order valence-electron chi connectivity index (χ2n) is 27.4. The molecule has 1 heterocycles. The number of nitrogens with two attached hydrogens (primary N) is 3. The van der Waals surface area contributed by atoms with E-state index in [9.17, 15) is 92.3 Å². The van der Waals surface area contributed by atoms with Gasteiger partial charge in [-0.2, -0.15) is 0 Å². The van der Waals surface area contributed by atoms with E-state index in [1.165, 1.54) is 14.0 Å². The number of hydrogen-bond donors (Lipinski definition) is 20. The van der Waals surface area contributed by atoms with E-state index in [-0.39, 0.29) is 70.0 Å². The number of aliphatic hydroxyl groups is 2. The smallest absolute Gasteiger partial charge is 0.325 e. The Morgan fingerprint density at radius 3 is 1.45 bits per heavy atom. The SMILES string of the molecule is CCCCCCCC(=O)N[C@@H](C(=O)N[C@H](CCN)C(=O)NCC(=O)N[C@H](CO)C(=O)N[C@H](Cc1c[nH]c2ccccc12)C(=O)N[C@@H](CO)C(=O)N[C@@H](CCN)C(=O)N[C@H](CCN)C(=O)N(C)[C@@H](Cc1ccccc1)C(=O)N[C@@H](CCC(=O)O)C(=O)N[C@H](C(=O)N[C@@H](C(=O)N[C@@H](C)C(=O)O)C(C)C)C(C)C)C(C)C. The van der Waals surface area contributed by atoms with E-state index >= 15 is 0 Å². The number of carboxylic acids is 2. The predicted molar refractivity (Wildman–Crippen MR) is 396 cm³/mol. The van der Waals surface area contributed by atoms with Crippen LogP contribution in [0.5, 0.6) is 0 Å². The highest BCUT2D eigenvalue weighted by Crippen LogP contribution is 2.21. The number of carbonyl (C=O) groups excluding carboxylic acids is 13. The molecule has 0 fully saturated rings. The number of para-hydroxylation sites is 1. The van der Waals surface area contributed by atoms with Crippen molar-refractivity contribution in [1.29, 1.82) is 0 Å². The number of unbranched alkanes of at least 4 members (excludes halogenated alkanes) is 4. The minimum atomic E-state index is -1.87. The minimum Gasteiger partial charge on any atom is -0.481 e. The first-order chi connectivity index (χ1) is 51.2. The van der Waals surface area contributed by atoms with Crippen LogP contribution in [0.4, 0.5) is 0 Å². The van der Waals surface area contributed by atoms with Crippen LogP contribution in [0.2, 0.25) is 0 Å². The van der Waals surface area contributed by atoms with E-state index in [0.29, 0.717) is 28.5 Å². The summed E-state index contributed by atoms with van der Waals surface area (Å²) in [5, 5.41) is 70.6. The number of aliphatic hydroxyl groups excluding tert-OH is 2. The van der Waals surface area contributed by atoms with Gasteiger partial charge in [0.2, 0.25) is 76.8 Å². The van der Waals surface area contributed by atoms with E-state index in [4.69, 9.17) is 17.2 Å². The summed E-state index contributed by atoms with van der Waals surface area (Å²) in [6.45, 7) is 9.49. The summed E-state index contributed by atoms with van der Waals surface area (Å²) < 4.78 is 0. The topological polar surface area (TPSA) is 578 Å². The molecule has 600 valence electrons. The third-order valence-electron chi connectivity index (χ3n) is 17.7. The number of carboxylic acid groups (broad SMARTS) is 2. The zero-order chi connectivity index (χ0) is 80.9. The number of aromatic nitrogens is 1. The lowest BCUT2D eigenvalue weighted by atomic mass is 9.98. The standard InChI is InChI=1S/C72H113N17O19/c1-10-11-12-13-17-24-55(92)86-58(39(2)3)69(104)82-48(27-30-73)61(96)77-36-56(93)79-52(37-90)65(100)84-51(34-44-35-76-46-23-19-18-22-45(44)46)64(99)85-53(38-91)66(101)80-49(28-31-74)62(97)83-50(29-32-75)71(106)89(9)54(33-43-20-15-14-16-21-43)67(102)81-47(25-26-57(94)95)63(98)87-60(41(6)7)70(105)88-59(40(4)5)68(103)78-42(8)72(107)108/h14-16,18-23,35,39-42,47-54,58-60,76,90-91H,10-13,17,24-34,36-38,73-75H2,1-9H3,(H,77,96)(H,78,103)(H,79,93)(H,80,101)(H,81,102)(H,82,104)(H,83,97)(H,84,100)(H,85,99)(H,86,92)(H,87,98)(H,88,105)(H,94,95)(H,107,108)/t42-,47-,48+,49-,50+,51+,52+,53-,54-,58+,59+,60-/m0/s1. The minimum absolute atomic E-state index is 0.0715. The Bertz CT molecular complexity index is 3500. The number of benzene rings is 2. The molecule has 0 aliphatic heterocycles. The van der Waals surface area contributed by atoms with Crippen molar-refractivity contribution in [1.82, 2.24) is 73.7 Å². The van der Waals surface area contributed by atoms with Crippen LogP contribution in [-0.4, -0.2) is 238 Å². The summed E-state index contributed by atoms with van der Waals surface area (Å²) in [7, 11) is 1.22. The maximum Gasteiger partial charge on any atom is 0.325 e. The Labute approximate surface area is 628 Å². The van der Waals surface area contributed by atoms with Crippen LogP contribution in [-0.2, 0) is 84.8 Å². The maximum atomic E-state index is 14.8. The van der Waals surface area contributed by atoms with Crippen molar-refractivity contribution in [2.24, 2.45) is 35.0 Å². The molecule has 0 unspecified atom stereocenters. The molecule has 12 atom stereocenters. The highest BCUT2D eigenvalue weighted by molar-refractivity contribution is 6.00. The van der Waals surface area contributed by atoms with Crippen molar-refractivity contribution in [2.75, 3.05) is 46.4 Å². The number of nitrogens with one attached hydrogen (secondary N) is 13. The molecule has 3 aromatic rings. The number of fused-ring (bicyclic) bond motifs is 1. The molecule has 0 aliphatic carbocycles. The number of H-pyrrole nitrogens is 1. The number of nitrogens with zero attached hydrogens (tertiary/aromatic N) is 1. The van der Waals surface area contributed by atoms with Gasteiger partial charge in [0.15, 0.2) is 0 Å². The van der Waals surface area contributed by atoms with Crippen LogP contribution >= 0.6 is 0 Å². The molecule has 0 aliphatic rings. The molecule has 0 saturated heterocycles. The molecule has 0 spiro atoms. The van der Waals surface area contributed by atoms with Crippen molar-refractivity contribution >= 4 is 99.6 Å². The third kappa shape index (κ3) is 30.6. The molecular formula is C72H113N17O19. The number of carbonyl (C=O) groups is 15. The molecule has 13 amide bonds. The van der Waals surface area contributed by atoms with Gasteiger partial charge in [0.05, 0.1) is 19.8 Å². The normalized spacial score (nSPS) is 14.6. The Morgan fingerprint density at radius 1 is 0.444 bits per heavy atom. The summed E-state index contributed by atoms with van der Waals surface area (Å²) in [5.41, 5.74) is 19.3. The monoisotopic (exact) mass is 1520 g/mol. The van der Waals surface area contributed by atoms with Crippen LogP contribution in [0.1, 0.15) is 137 Å². The van der Waals surface area contributed by atoms with Crippen molar-refractivity contribution in [3.63, 3.8) is 0 Å². The number of aliphatic carboxylic acids is 2. The van der Waals surface area contributed by atoms with Gasteiger partial charge in [0, 0.05) is 49.8 Å². The first-order valence-electron chi connectivity index (χ1n) is 36.4. The lowest BCUT2D eigenvalue weighted by molar-refractivity contribution is -0.143. The van der Waals surface area contributed by atoms with Gasteiger partial charge >= 0.3 is 11.9 Å². The Hall–Kier alpha value is -10.2. The molecule has 0 saturated carbocycles. The lowest BCUT2D eigenvalue weighted by Gasteiger charge is -2.33. The van der Waals surface area contributed by atoms with Crippen LogP contribution in [0, 0.1) is 17.8 Å². The van der Waals surface area contributed by atoms with Crippen LogP contribution in [0.25, 0.3) is 10.9 Å². The van der Waals surface area contributed by atoms with Crippen LogP contribution in [0.15, 0.2) is 60.8 Å². The number of likely N-dealkylation sites (N-methyl/N-ethyl adjacent to an activating group) is 1. The second kappa shape index (κ2) is 47.5. The molecule has 1 aromatic heterocycles. The number of amides is 13. The van der Waals surface area contributed by atoms with Gasteiger partial charge in [0.1, 0.15) is 72.5 Å². The van der Waals surface area contributed by atoms with Crippen molar-refractivity contribution in [2.45, 2.75) is 211 Å². The van der Waals surface area contributed by atoms with Crippen LogP contribution < -0.4 is 81.0 Å². The van der Waals surface area contributed by atoms with E-state index in [2.05, 4.69) is 75.7 Å². The average molecular weight is 1520 g/mol. The molecule has 2 aromatic carbocycles. The van der Waals surface area contributed by atoms with Gasteiger partial charge in [-0.1, -0.05) is 123 Å². The van der Waals surface area contributed by atoms with Gasteiger partial charge in [-0.3, -0.25) is 71.9 Å². The molecular weight excluding hydrogens is 1410 g/mol. The second-order valence-corrected chi connectivity index (χ2v) is 27.4. The van der Waals surface area contributed by atoms with E-state index < -0.39 is 200 Å². The zero-order valence-corrected chi connectivity index (χ0v) is 63.0. The fourth-order valence-electron chi connectivity index (χ4n) is 11.3. The Morgan fingerprint density at radius 2 is 0.889 bits per heavy atom. The first kappa shape index (κ1) is 92.0. The van der Waals surface area contributed by atoms with Gasteiger partial charge in [-0.25, -0.2) is 0 Å². The molecule has 3 rings (SSSR count). The quantitative estimate of drug-likeness (QED) is 0.0245. The van der Waals surface area contributed by atoms with Gasteiger partial charge in [-0.05, 0) is 93.6 Å². The van der Waals surface area contributed by atoms with Crippen LogP contribution in [0.3, 0.4) is 0 Å². The summed E-state index contributed by atoms with van der Waals surface area (Å²) >= 11 is 0. The maximum absolute atomic E-state index is 14.8. The number of aromatic amines is 1. The number of rotatable bonds is 50. The van der Waals surface area contributed by atoms with E-state index in [1.54, 1.807) is 102 Å². The van der Waals surface area contributed by atoms with E-state index in [1.807, 2.05) is 0 Å². The summed E-state index contributed by atoms with van der Waals surface area (Å²) in [6.07, 6.45) is 3.84. The average Bonchev–Trinajstić information content (AvgIpc) is 1.39. The molecule has 23 N–H and O–H groups in total. The fourth-order valence-corrected chi connectivity index (χ4v) is 11.3. The van der Waals surface area contributed by atoms with Crippen molar-refractivity contribution < 1.29 is 92.3 Å². The molecule has 108 heavy (non-hydrogen) atoms. The van der Waals surface area contributed by atoms with Gasteiger partial charge < -0.3 is 111 Å². The molecule has 36 heteroatoms. The third-order valence-corrected chi connectivity index (χ3v) is 17.7. The number of hydrogen-bond acceptors (Lipinski definition) is 20. The Kier molecular flexibility index (Phi) is 40.5. The zero-order valence-electron chi connectivity index (χ0n) is 63.0. The highest BCUT2D eigenvalue weighted by atomic mass is 16.4. The Balaban J connectivity index is 1.87. The summed E-state index contributed by atoms with van der Waals surface area (Å²) in [6, 6.07) is -2.79. The van der Waals surface area contributed by atoms with E-state index in [0.717, 1.165) is 30.6 Å². The molecule has 0 bridgehead atoms. The first-order valence-corrected chi connectivity index (χ1v) is 36.4. The van der Waals surface area contributed by atoms with Gasteiger partial charge in [0.25, 0.3) is 0 Å². The summed E-state index contributed by atoms with van der Waals surface area (Å²) in [5.74, 6) is -16.3. The summed E-state index contributed by atoms with van der Waals surface area (Å²) in [4.78, 5) is 208. The van der Waals surface area contributed by atoms with Crippen molar-refractivity contribution in [3.8, 4) is 0 Å². The largest absolute Gasteiger partial charge is 0.481 e. The fraction of sp³-hybridized carbons (Fsp3) is 0.597. The predicted octanol–water partition coefficient (Wildman–Crippen LogP) is -3.44. The van der Waals surface area contributed by atoms with Crippen molar-refractivity contribution in [3.05, 3.63) is 71.9 Å².